The average Bonchev–Trinajstić information content (AvgIpc) is 2.61. The highest BCUT2D eigenvalue weighted by Gasteiger charge is 2.36. The summed E-state index contributed by atoms with van der Waals surface area (Å²) in [4.78, 5) is 15.8. The van der Waals surface area contributed by atoms with Crippen LogP contribution in [-0.2, 0) is 14.6 Å². The summed E-state index contributed by atoms with van der Waals surface area (Å²) in [5.74, 6) is -0.162. The van der Waals surface area contributed by atoms with Crippen molar-refractivity contribution in [2.45, 2.75) is 67.5 Å². The Balaban J connectivity index is 2.18. The summed E-state index contributed by atoms with van der Waals surface area (Å²) in [7, 11) is 0.568. The fourth-order valence-electron chi connectivity index (χ4n) is 3.70. The van der Waals surface area contributed by atoms with Gasteiger partial charge in [-0.15, -0.1) is 11.8 Å². The summed E-state index contributed by atoms with van der Waals surface area (Å²) >= 11 is 1.58. The Labute approximate surface area is 179 Å². The van der Waals surface area contributed by atoms with E-state index >= 15 is 0 Å². The molecular weight excluding hydrogens is 408 g/mol. The molecule has 1 N–H and O–H groups in total. The molecule has 1 amide bonds. The fourth-order valence-corrected chi connectivity index (χ4v) is 5.79. The number of amides is 1. The summed E-state index contributed by atoms with van der Waals surface area (Å²) in [5, 5.41) is 2.93. The third-order valence-corrected chi connectivity index (χ3v) is 7.84. The molecule has 8 heteroatoms. The zero-order chi connectivity index (χ0) is 21.8. The third-order valence-electron chi connectivity index (χ3n) is 5.24. The molecule has 1 aliphatic carbocycles. The lowest BCUT2D eigenvalue weighted by Crippen LogP contribution is -2.50. The minimum atomic E-state index is -3.46. The van der Waals surface area contributed by atoms with Crippen LogP contribution in [0.15, 0.2) is 34.1 Å². The third kappa shape index (κ3) is 7.19. The van der Waals surface area contributed by atoms with Crippen molar-refractivity contribution in [2.75, 3.05) is 26.1 Å². The lowest BCUT2D eigenvalue weighted by Gasteiger charge is -2.39. The van der Waals surface area contributed by atoms with Gasteiger partial charge in [-0.25, -0.2) is 13.2 Å². The van der Waals surface area contributed by atoms with Gasteiger partial charge in [-0.05, 0) is 90.6 Å². The SMILES string of the molecule is CSc1ccc(S(=O)(=O)C[C@@H]2C[C@H](N(C)C)CC[C@@H]2NC(=O)OC(C)(C)C)cc1. The van der Waals surface area contributed by atoms with Gasteiger partial charge in [0.05, 0.1) is 10.6 Å². The minimum Gasteiger partial charge on any atom is -0.444 e. The van der Waals surface area contributed by atoms with Crippen LogP contribution in [-0.4, -0.2) is 63.2 Å². The van der Waals surface area contributed by atoms with Gasteiger partial charge in [-0.1, -0.05) is 0 Å². The van der Waals surface area contributed by atoms with Gasteiger partial charge in [-0.3, -0.25) is 0 Å². The van der Waals surface area contributed by atoms with Crippen molar-refractivity contribution >= 4 is 27.7 Å². The number of rotatable bonds is 6. The van der Waals surface area contributed by atoms with E-state index in [1.165, 1.54) is 0 Å². The number of ether oxygens (including phenoxy) is 1. The van der Waals surface area contributed by atoms with Crippen LogP contribution in [0.25, 0.3) is 0 Å². The molecule has 0 bridgehead atoms. The number of carbonyl (C=O) groups is 1. The van der Waals surface area contributed by atoms with Gasteiger partial charge in [0.1, 0.15) is 5.60 Å². The maximum atomic E-state index is 13.1. The molecule has 29 heavy (non-hydrogen) atoms. The predicted octanol–water partition coefficient (Wildman–Crippen LogP) is 3.81. The van der Waals surface area contributed by atoms with E-state index in [0.29, 0.717) is 10.9 Å². The molecule has 1 aromatic rings. The van der Waals surface area contributed by atoms with Crippen molar-refractivity contribution in [3.05, 3.63) is 24.3 Å². The molecule has 3 atom stereocenters. The molecule has 164 valence electrons. The molecule has 0 radical (unpaired) electrons. The van der Waals surface area contributed by atoms with Crippen molar-refractivity contribution in [3.8, 4) is 0 Å². The topological polar surface area (TPSA) is 75.7 Å². The first-order chi connectivity index (χ1) is 13.4. The first-order valence-electron chi connectivity index (χ1n) is 9.94. The Morgan fingerprint density at radius 1 is 1.21 bits per heavy atom. The predicted molar refractivity (Wildman–Crippen MR) is 118 cm³/mol. The molecule has 1 saturated carbocycles. The molecule has 1 fully saturated rings. The number of carbonyl (C=O) groups excluding carboxylic acids is 1. The highest BCUT2D eigenvalue weighted by Crippen LogP contribution is 2.31. The number of benzene rings is 1. The average molecular weight is 443 g/mol. The maximum Gasteiger partial charge on any atom is 0.407 e. The Morgan fingerprint density at radius 2 is 1.83 bits per heavy atom. The lowest BCUT2D eigenvalue weighted by atomic mass is 9.82. The van der Waals surface area contributed by atoms with Crippen molar-refractivity contribution in [1.82, 2.24) is 10.2 Å². The zero-order valence-electron chi connectivity index (χ0n) is 18.3. The van der Waals surface area contributed by atoms with Crippen LogP contribution < -0.4 is 5.32 Å². The van der Waals surface area contributed by atoms with Crippen LogP contribution in [0.1, 0.15) is 40.0 Å². The molecule has 0 unspecified atom stereocenters. The standard InChI is InChI=1S/C21H34N2O4S2/c1-21(2,3)27-20(24)22-19-12-7-16(23(4)5)13-15(19)14-29(25,26)18-10-8-17(28-6)9-11-18/h8-11,15-16,19H,7,12-14H2,1-6H3,(H,22,24)/t15-,16+,19-/m0/s1. The number of sulfone groups is 1. The monoisotopic (exact) mass is 442 g/mol. The smallest absolute Gasteiger partial charge is 0.407 e. The summed E-state index contributed by atoms with van der Waals surface area (Å²) < 4.78 is 31.5. The number of nitrogens with zero attached hydrogens (tertiary/aromatic N) is 1. The Kier molecular flexibility index (Phi) is 8.04. The van der Waals surface area contributed by atoms with E-state index in [1.54, 1.807) is 23.9 Å². The van der Waals surface area contributed by atoms with E-state index in [0.717, 1.165) is 24.2 Å². The Bertz CT molecular complexity index is 786. The Morgan fingerprint density at radius 3 is 2.34 bits per heavy atom. The van der Waals surface area contributed by atoms with E-state index < -0.39 is 21.5 Å². The molecule has 1 aliphatic rings. The van der Waals surface area contributed by atoms with Gasteiger partial charge in [0, 0.05) is 17.0 Å². The quantitative estimate of drug-likeness (QED) is 0.675. The molecule has 0 aliphatic heterocycles. The van der Waals surface area contributed by atoms with Crippen molar-refractivity contribution in [1.29, 1.82) is 0 Å². The van der Waals surface area contributed by atoms with E-state index in [1.807, 2.05) is 53.3 Å². The van der Waals surface area contributed by atoms with Crippen LogP contribution in [0.2, 0.25) is 0 Å². The molecule has 6 nitrogen and oxygen atoms in total. The van der Waals surface area contributed by atoms with Gasteiger partial charge in [0.25, 0.3) is 0 Å². The Hall–Kier alpha value is -1.25. The minimum absolute atomic E-state index is 0.0103. The van der Waals surface area contributed by atoms with E-state index in [9.17, 15) is 13.2 Å². The number of alkyl carbamates (subject to hydrolysis) is 1. The molecule has 0 heterocycles. The van der Waals surface area contributed by atoms with Gasteiger partial charge >= 0.3 is 6.09 Å². The van der Waals surface area contributed by atoms with Crippen LogP contribution >= 0.6 is 11.8 Å². The van der Waals surface area contributed by atoms with Gasteiger partial charge in [0.2, 0.25) is 0 Å². The highest BCUT2D eigenvalue weighted by molar-refractivity contribution is 7.98. The van der Waals surface area contributed by atoms with Crippen molar-refractivity contribution < 1.29 is 17.9 Å². The van der Waals surface area contributed by atoms with Gasteiger partial charge in [0.15, 0.2) is 9.84 Å². The second-order valence-electron chi connectivity index (χ2n) is 8.90. The van der Waals surface area contributed by atoms with Crippen LogP contribution in [0.4, 0.5) is 4.79 Å². The zero-order valence-corrected chi connectivity index (χ0v) is 19.9. The maximum absolute atomic E-state index is 13.1. The second kappa shape index (κ2) is 9.71. The molecule has 0 saturated heterocycles. The van der Waals surface area contributed by atoms with Gasteiger partial charge < -0.3 is 15.0 Å². The van der Waals surface area contributed by atoms with Crippen molar-refractivity contribution in [2.24, 2.45) is 5.92 Å². The largest absolute Gasteiger partial charge is 0.444 e. The first kappa shape index (κ1) is 24.0. The fraction of sp³-hybridized carbons (Fsp3) is 0.667. The lowest BCUT2D eigenvalue weighted by molar-refractivity contribution is 0.0454. The molecule has 0 spiro atoms. The summed E-state index contributed by atoms with van der Waals surface area (Å²) in [6.07, 6.45) is 3.83. The molecular formula is C21H34N2O4S2. The van der Waals surface area contributed by atoms with E-state index in [2.05, 4.69) is 10.2 Å². The first-order valence-corrected chi connectivity index (χ1v) is 12.8. The number of hydrogen-bond donors (Lipinski definition) is 1. The molecule has 1 aromatic carbocycles. The number of hydrogen-bond acceptors (Lipinski definition) is 6. The summed E-state index contributed by atoms with van der Waals surface area (Å²) in [5.41, 5.74) is -0.592. The van der Waals surface area contributed by atoms with E-state index in [-0.39, 0.29) is 17.7 Å². The normalized spacial score (nSPS) is 23.1. The van der Waals surface area contributed by atoms with Crippen molar-refractivity contribution in [3.63, 3.8) is 0 Å². The number of thioether (sulfide) groups is 1. The summed E-state index contributed by atoms with van der Waals surface area (Å²) in [6.45, 7) is 5.45. The highest BCUT2D eigenvalue weighted by atomic mass is 32.2. The second-order valence-corrected chi connectivity index (χ2v) is 11.8. The summed E-state index contributed by atoms with van der Waals surface area (Å²) in [6, 6.07) is 7.08. The van der Waals surface area contributed by atoms with Crippen LogP contribution in [0, 0.1) is 5.92 Å². The molecule has 2 rings (SSSR count). The van der Waals surface area contributed by atoms with Gasteiger partial charge in [-0.2, -0.15) is 0 Å². The number of nitrogens with one attached hydrogen (secondary N) is 1. The van der Waals surface area contributed by atoms with Crippen LogP contribution in [0.3, 0.4) is 0 Å². The van der Waals surface area contributed by atoms with Crippen LogP contribution in [0.5, 0.6) is 0 Å². The molecule has 0 aromatic heterocycles. The van der Waals surface area contributed by atoms with E-state index in [4.69, 9.17) is 4.74 Å².